The van der Waals surface area contributed by atoms with E-state index in [-0.39, 0.29) is 17.9 Å². The molecular weight excluding hydrogens is 827 g/mol. The van der Waals surface area contributed by atoms with Gasteiger partial charge in [-0.05, 0) is 72.9 Å². The molecule has 0 spiro atoms. The van der Waals surface area contributed by atoms with Gasteiger partial charge in [0.1, 0.15) is 41.2 Å². The third-order valence-corrected chi connectivity index (χ3v) is 24.1. The average Bonchev–Trinajstić information content (AvgIpc) is 3.38. The highest BCUT2D eigenvalue weighted by Gasteiger charge is 2.54. The Labute approximate surface area is 382 Å². The van der Waals surface area contributed by atoms with E-state index < -0.39 is 16.1 Å². The molecule has 3 heterocycles. The maximum absolute atomic E-state index is 7.26. The molecule has 3 unspecified atom stereocenters. The second-order valence-corrected chi connectivity index (χ2v) is 25.1. The van der Waals surface area contributed by atoms with E-state index in [4.69, 9.17) is 14.5 Å². The van der Waals surface area contributed by atoms with Gasteiger partial charge in [-0.15, -0.1) is 0 Å². The Morgan fingerprint density at radius 2 is 1.03 bits per heavy atom. The first-order chi connectivity index (χ1) is 32.2. The van der Waals surface area contributed by atoms with E-state index in [0.717, 1.165) is 52.0 Å². The molecule has 4 aliphatic rings. The van der Waals surface area contributed by atoms with Crippen LogP contribution in [-0.2, 0) is 0 Å². The minimum atomic E-state index is -2.89. The standard InChI is InChI=1S/C58H47N3O2Si2/c1-40-22-14-15-31-45(40)56-59-57(46-32-20-38-52-54(46)62-48-34-16-18-36-50(48)64(52,41-23-6-2-7-24-41)42-25-8-3-9-26-42)61-58(60-56)47-33-21-39-53-55(47)63-49-35-17-19-37-51(49)65(53,43-27-10-4-11-28-43)44-29-12-5-13-30-44/h2-38,53,56-57,59H,39H2,1H3,(H,60,61). The van der Waals surface area contributed by atoms with Crippen molar-refractivity contribution in [1.29, 1.82) is 0 Å². The van der Waals surface area contributed by atoms with E-state index in [1.54, 1.807) is 0 Å². The number of allylic oxidation sites excluding steroid dienone is 2. The van der Waals surface area contributed by atoms with Crippen LogP contribution in [0.5, 0.6) is 17.2 Å². The first-order valence-corrected chi connectivity index (χ1v) is 26.7. The van der Waals surface area contributed by atoms with Crippen LogP contribution in [0.1, 0.15) is 35.4 Å². The molecule has 0 saturated heterocycles. The number of hydrogen-bond donors (Lipinski definition) is 2. The van der Waals surface area contributed by atoms with Crippen molar-refractivity contribution in [2.75, 3.05) is 0 Å². The molecule has 0 radical (unpaired) electrons. The molecule has 8 aromatic carbocycles. The quantitative estimate of drug-likeness (QED) is 0.160. The molecule has 12 rings (SSSR count). The van der Waals surface area contributed by atoms with Gasteiger partial charge >= 0.3 is 0 Å². The molecule has 3 atom stereocenters. The third kappa shape index (κ3) is 6.18. The summed E-state index contributed by atoms with van der Waals surface area (Å²) in [6.45, 7) is 2.17. The zero-order chi connectivity index (χ0) is 43.4. The van der Waals surface area contributed by atoms with Gasteiger partial charge in [0.2, 0.25) is 0 Å². The van der Waals surface area contributed by atoms with Gasteiger partial charge in [-0.2, -0.15) is 0 Å². The molecular formula is C58H47N3O2Si2. The molecule has 0 saturated carbocycles. The topological polar surface area (TPSA) is 54.9 Å². The van der Waals surface area contributed by atoms with Crippen molar-refractivity contribution in [3.8, 4) is 17.2 Å². The number of benzene rings is 8. The van der Waals surface area contributed by atoms with Gasteiger partial charge in [0.05, 0.1) is 5.57 Å². The molecule has 0 aromatic heterocycles. The van der Waals surface area contributed by atoms with Gasteiger partial charge in [0.25, 0.3) is 0 Å². The van der Waals surface area contributed by atoms with Crippen molar-refractivity contribution in [3.63, 3.8) is 0 Å². The van der Waals surface area contributed by atoms with E-state index in [1.165, 1.54) is 41.9 Å². The Kier molecular flexibility index (Phi) is 9.71. The number of para-hydroxylation sites is 3. The van der Waals surface area contributed by atoms with Gasteiger partial charge in [0.15, 0.2) is 16.1 Å². The molecule has 2 N–H and O–H groups in total. The molecule has 0 fully saturated rings. The Morgan fingerprint density at radius 1 is 0.508 bits per heavy atom. The summed E-state index contributed by atoms with van der Waals surface area (Å²) >= 11 is 0. The molecule has 8 aromatic rings. The number of nitrogens with one attached hydrogen (secondary N) is 2. The summed E-state index contributed by atoms with van der Waals surface area (Å²) in [7, 11) is -5.67. The summed E-state index contributed by atoms with van der Waals surface area (Å²) in [6, 6.07) is 77.3. The minimum Gasteiger partial charge on any atom is -0.461 e. The lowest BCUT2D eigenvalue weighted by Crippen LogP contribution is -2.76. The normalized spacial score (nSPS) is 19.8. The van der Waals surface area contributed by atoms with Crippen molar-refractivity contribution >= 4 is 58.3 Å². The van der Waals surface area contributed by atoms with Crippen molar-refractivity contribution < 1.29 is 9.47 Å². The Hall–Kier alpha value is -7.30. The van der Waals surface area contributed by atoms with Crippen LogP contribution in [0.2, 0.25) is 5.54 Å². The molecule has 1 aliphatic carbocycles. The predicted octanol–water partition coefficient (Wildman–Crippen LogP) is 7.91. The number of amidine groups is 1. The van der Waals surface area contributed by atoms with Crippen molar-refractivity contribution in [2.24, 2.45) is 4.99 Å². The first kappa shape index (κ1) is 39.3. The summed E-state index contributed by atoms with van der Waals surface area (Å²) in [5.74, 6) is 4.47. The van der Waals surface area contributed by atoms with Crippen LogP contribution in [-0.4, -0.2) is 22.0 Å². The largest absolute Gasteiger partial charge is 0.461 e. The van der Waals surface area contributed by atoms with Gasteiger partial charge in [-0.3, -0.25) is 5.32 Å². The Balaban J connectivity index is 1.07. The summed E-state index contributed by atoms with van der Waals surface area (Å²) in [4.78, 5) is 5.61. The number of aryl methyl sites for hydroxylation is 1. The SMILES string of the molecule is Cc1ccccc1C1N=C(C2=C3Oc4ccccc4[Si](c4ccccc4)(c4ccccc4)C3CC=C2)NC(c2cccc3c2Oc2ccccc2[Si]3(c2ccccc2)c2ccccc2)N1. The van der Waals surface area contributed by atoms with Crippen LogP contribution < -0.4 is 56.4 Å². The minimum absolute atomic E-state index is 0.0737. The highest BCUT2D eigenvalue weighted by Crippen LogP contribution is 2.45. The zero-order valence-electron chi connectivity index (χ0n) is 36.1. The van der Waals surface area contributed by atoms with Crippen molar-refractivity contribution in [2.45, 2.75) is 31.2 Å². The maximum atomic E-state index is 7.26. The van der Waals surface area contributed by atoms with Crippen LogP contribution in [0, 0.1) is 6.92 Å². The number of rotatable bonds is 7. The lowest BCUT2D eigenvalue weighted by molar-refractivity contribution is 0.381. The molecule has 65 heavy (non-hydrogen) atoms. The fourth-order valence-corrected chi connectivity index (χ4v) is 21.8. The van der Waals surface area contributed by atoms with E-state index in [0.29, 0.717) is 0 Å². The number of aliphatic imine (C=N–C) groups is 1. The van der Waals surface area contributed by atoms with Crippen LogP contribution in [0.15, 0.2) is 241 Å². The highest BCUT2D eigenvalue weighted by molar-refractivity contribution is 7.20. The maximum Gasteiger partial charge on any atom is 0.188 e. The first-order valence-electron chi connectivity index (χ1n) is 22.6. The third-order valence-electron chi connectivity index (χ3n) is 14.0. The van der Waals surface area contributed by atoms with E-state index in [9.17, 15) is 0 Å². The Bertz CT molecular complexity index is 3090. The van der Waals surface area contributed by atoms with Crippen LogP contribution in [0.3, 0.4) is 0 Å². The molecule has 3 aliphatic heterocycles. The lowest BCUT2D eigenvalue weighted by atomic mass is 9.99. The number of fused-ring (bicyclic) bond motifs is 4. The lowest BCUT2D eigenvalue weighted by Gasteiger charge is -2.47. The summed E-state index contributed by atoms with van der Waals surface area (Å²) in [6.07, 6.45) is 4.70. The van der Waals surface area contributed by atoms with Gasteiger partial charge in [-0.1, -0.05) is 212 Å². The van der Waals surface area contributed by atoms with Gasteiger partial charge in [-0.25, -0.2) is 4.99 Å². The highest BCUT2D eigenvalue weighted by atomic mass is 28.3. The van der Waals surface area contributed by atoms with Crippen LogP contribution in [0.25, 0.3) is 0 Å². The number of nitrogens with zero attached hydrogens (tertiary/aromatic N) is 1. The molecule has 7 heteroatoms. The second kappa shape index (κ2) is 16.0. The van der Waals surface area contributed by atoms with E-state index in [1.807, 2.05) is 0 Å². The second-order valence-electron chi connectivity index (χ2n) is 17.4. The molecule has 314 valence electrons. The smallest absolute Gasteiger partial charge is 0.188 e. The van der Waals surface area contributed by atoms with Gasteiger partial charge < -0.3 is 14.8 Å². The van der Waals surface area contributed by atoms with Crippen molar-refractivity contribution in [1.82, 2.24) is 10.6 Å². The predicted molar refractivity (Wildman–Crippen MR) is 270 cm³/mol. The van der Waals surface area contributed by atoms with Crippen LogP contribution in [0.4, 0.5) is 0 Å². The monoisotopic (exact) mass is 873 g/mol. The number of ether oxygens (including phenoxy) is 2. The van der Waals surface area contributed by atoms with Crippen molar-refractivity contribution in [3.05, 3.63) is 252 Å². The fraction of sp³-hybridized carbons (Fsp3) is 0.0862. The molecule has 0 bridgehead atoms. The summed E-state index contributed by atoms with van der Waals surface area (Å²) in [5, 5.41) is 17.1. The molecule has 0 amide bonds. The summed E-state index contributed by atoms with van der Waals surface area (Å²) in [5.41, 5.74) is 4.38. The van der Waals surface area contributed by atoms with E-state index in [2.05, 4.69) is 242 Å². The molecule has 5 nitrogen and oxygen atoms in total. The van der Waals surface area contributed by atoms with E-state index >= 15 is 0 Å². The van der Waals surface area contributed by atoms with Gasteiger partial charge in [0, 0.05) is 11.1 Å². The fourth-order valence-electron chi connectivity index (χ4n) is 11.2. The van der Waals surface area contributed by atoms with Crippen LogP contribution >= 0.6 is 0 Å². The average molecular weight is 874 g/mol. The zero-order valence-corrected chi connectivity index (χ0v) is 38.1. The number of hydrogen-bond acceptors (Lipinski definition) is 5. The Morgan fingerprint density at radius 3 is 1.68 bits per heavy atom. The summed E-state index contributed by atoms with van der Waals surface area (Å²) < 4.78 is 14.5.